The van der Waals surface area contributed by atoms with Crippen molar-refractivity contribution in [2.75, 3.05) is 5.32 Å². The van der Waals surface area contributed by atoms with E-state index in [9.17, 15) is 13.2 Å². The van der Waals surface area contributed by atoms with Gasteiger partial charge < -0.3 is 9.84 Å². The molecule has 0 spiro atoms. The molecule has 1 heterocycles. The lowest BCUT2D eigenvalue weighted by Crippen LogP contribution is -2.11. The van der Waals surface area contributed by atoms with Crippen molar-refractivity contribution >= 4 is 5.69 Å². The molecule has 0 atom stereocenters. The lowest BCUT2D eigenvalue weighted by molar-refractivity contribution is -0.138. The van der Waals surface area contributed by atoms with Crippen molar-refractivity contribution in [3.63, 3.8) is 0 Å². The van der Waals surface area contributed by atoms with Gasteiger partial charge in [-0.25, -0.2) is 0 Å². The monoisotopic (exact) mass is 319 g/mol. The smallest absolute Gasteiger partial charge is 0.381 e. The third-order valence-corrected chi connectivity index (χ3v) is 3.29. The Kier molecular flexibility index (Phi) is 4.01. The quantitative estimate of drug-likeness (QED) is 0.776. The largest absolute Gasteiger partial charge is 0.416 e. The van der Waals surface area contributed by atoms with E-state index in [0.29, 0.717) is 17.1 Å². The first-order chi connectivity index (χ1) is 11.0. The number of alkyl halides is 3. The van der Waals surface area contributed by atoms with E-state index in [1.54, 1.807) is 30.3 Å². The molecule has 0 aliphatic carbocycles. The Morgan fingerprint density at radius 2 is 1.87 bits per heavy atom. The van der Waals surface area contributed by atoms with Crippen molar-refractivity contribution in [1.29, 1.82) is 0 Å². The maximum Gasteiger partial charge on any atom is 0.416 e. The number of anilines is 1. The van der Waals surface area contributed by atoms with Crippen LogP contribution in [0.1, 0.15) is 11.1 Å². The molecule has 0 bridgehead atoms. The molecule has 0 saturated carbocycles. The van der Waals surface area contributed by atoms with Crippen LogP contribution in [-0.2, 0) is 12.7 Å². The Balaban J connectivity index is 1.78. The summed E-state index contributed by atoms with van der Waals surface area (Å²) in [6.07, 6.45) is -3.15. The number of hydrogen-bond acceptors (Lipinski definition) is 4. The second-order valence-corrected chi connectivity index (χ2v) is 4.84. The van der Waals surface area contributed by atoms with E-state index >= 15 is 0 Å². The van der Waals surface area contributed by atoms with E-state index in [1.165, 1.54) is 18.5 Å². The molecule has 0 amide bonds. The Morgan fingerprint density at radius 3 is 2.61 bits per heavy atom. The number of nitrogens with zero attached hydrogens (tertiary/aromatic N) is 2. The normalized spacial score (nSPS) is 11.4. The summed E-state index contributed by atoms with van der Waals surface area (Å²) in [5.74, 6) is 0.421. The Hall–Kier alpha value is -2.83. The van der Waals surface area contributed by atoms with E-state index in [4.69, 9.17) is 0 Å². The summed E-state index contributed by atoms with van der Waals surface area (Å²) < 4.78 is 43.6. The number of hydrogen-bond donors (Lipinski definition) is 1. The third-order valence-electron chi connectivity index (χ3n) is 3.29. The van der Waals surface area contributed by atoms with E-state index in [2.05, 4.69) is 20.0 Å². The van der Waals surface area contributed by atoms with Crippen LogP contribution in [0.15, 0.2) is 59.4 Å². The zero-order valence-electron chi connectivity index (χ0n) is 11.8. The standard InChI is InChI=1S/C16H12F3N3O/c17-16(18,19)14-7-2-1-4-12(14)9-20-13-6-3-5-11(8-13)15-21-10-23-22-15/h1-8,10,20H,9H2. The molecule has 23 heavy (non-hydrogen) atoms. The molecule has 0 unspecified atom stereocenters. The fourth-order valence-corrected chi connectivity index (χ4v) is 2.21. The molecule has 4 nitrogen and oxygen atoms in total. The topological polar surface area (TPSA) is 51.0 Å². The van der Waals surface area contributed by atoms with Crippen LogP contribution in [0.25, 0.3) is 11.4 Å². The fraction of sp³-hybridized carbons (Fsp3) is 0.125. The van der Waals surface area contributed by atoms with Crippen molar-refractivity contribution in [3.8, 4) is 11.4 Å². The van der Waals surface area contributed by atoms with Gasteiger partial charge in [-0.05, 0) is 23.8 Å². The second-order valence-electron chi connectivity index (χ2n) is 4.84. The first kappa shape index (κ1) is 15.1. The average Bonchev–Trinajstić information content (AvgIpc) is 3.07. The molecule has 3 aromatic rings. The van der Waals surface area contributed by atoms with Crippen LogP contribution >= 0.6 is 0 Å². The summed E-state index contributed by atoms with van der Waals surface area (Å²) in [6, 6.07) is 12.6. The van der Waals surface area contributed by atoms with Crippen molar-refractivity contribution in [1.82, 2.24) is 10.1 Å². The summed E-state index contributed by atoms with van der Waals surface area (Å²) in [4.78, 5) is 3.94. The summed E-state index contributed by atoms with van der Waals surface area (Å²) in [6.45, 7) is 0.0609. The van der Waals surface area contributed by atoms with E-state index in [-0.39, 0.29) is 12.1 Å². The molecule has 118 valence electrons. The Bertz CT molecular complexity index is 785. The molecule has 0 aliphatic heterocycles. The van der Waals surface area contributed by atoms with Crippen molar-refractivity contribution in [3.05, 3.63) is 66.1 Å². The molecular formula is C16H12F3N3O. The predicted octanol–water partition coefficient (Wildman–Crippen LogP) is 4.37. The zero-order chi connectivity index (χ0) is 16.3. The molecular weight excluding hydrogens is 307 g/mol. The van der Waals surface area contributed by atoms with E-state index < -0.39 is 11.7 Å². The first-order valence-electron chi connectivity index (χ1n) is 6.80. The summed E-state index contributed by atoms with van der Waals surface area (Å²) >= 11 is 0. The van der Waals surface area contributed by atoms with Crippen molar-refractivity contribution in [2.45, 2.75) is 12.7 Å². The fourth-order valence-electron chi connectivity index (χ4n) is 2.21. The van der Waals surface area contributed by atoms with Crippen molar-refractivity contribution < 1.29 is 17.7 Å². The van der Waals surface area contributed by atoms with Gasteiger partial charge in [0.25, 0.3) is 0 Å². The number of rotatable bonds is 4. The van der Waals surface area contributed by atoms with Gasteiger partial charge >= 0.3 is 6.18 Å². The Morgan fingerprint density at radius 1 is 1.04 bits per heavy atom. The highest BCUT2D eigenvalue weighted by Gasteiger charge is 2.32. The van der Waals surface area contributed by atoms with Crippen LogP contribution in [0.5, 0.6) is 0 Å². The first-order valence-corrected chi connectivity index (χ1v) is 6.80. The maximum atomic E-state index is 13.0. The SMILES string of the molecule is FC(F)(F)c1ccccc1CNc1cccc(-c2ncon2)c1. The summed E-state index contributed by atoms with van der Waals surface area (Å²) in [5, 5.41) is 6.72. The molecule has 0 aliphatic rings. The van der Waals surface area contributed by atoms with Crippen LogP contribution in [0, 0.1) is 0 Å². The number of benzene rings is 2. The van der Waals surface area contributed by atoms with Crippen LogP contribution in [-0.4, -0.2) is 10.1 Å². The van der Waals surface area contributed by atoms with Gasteiger partial charge in [0.15, 0.2) is 0 Å². The van der Waals surface area contributed by atoms with Gasteiger partial charge in [-0.2, -0.15) is 18.2 Å². The van der Waals surface area contributed by atoms with Gasteiger partial charge in [-0.3, -0.25) is 0 Å². The predicted molar refractivity (Wildman–Crippen MR) is 78.5 cm³/mol. The molecule has 3 rings (SSSR count). The summed E-state index contributed by atoms with van der Waals surface area (Å²) in [5.41, 5.74) is 0.934. The molecule has 0 radical (unpaired) electrons. The van der Waals surface area contributed by atoms with Crippen LogP contribution in [0.3, 0.4) is 0 Å². The van der Waals surface area contributed by atoms with E-state index in [1.807, 2.05) is 0 Å². The highest BCUT2D eigenvalue weighted by atomic mass is 19.4. The van der Waals surface area contributed by atoms with Gasteiger partial charge in [0.2, 0.25) is 12.2 Å². The van der Waals surface area contributed by atoms with Crippen LogP contribution in [0.2, 0.25) is 0 Å². The molecule has 2 aromatic carbocycles. The van der Waals surface area contributed by atoms with Gasteiger partial charge in [0.05, 0.1) is 5.56 Å². The molecule has 1 aromatic heterocycles. The molecule has 0 fully saturated rings. The van der Waals surface area contributed by atoms with Crippen molar-refractivity contribution in [2.24, 2.45) is 0 Å². The van der Waals surface area contributed by atoms with E-state index in [0.717, 1.165) is 6.07 Å². The molecule has 1 N–H and O–H groups in total. The average molecular weight is 319 g/mol. The minimum absolute atomic E-state index is 0.0609. The minimum atomic E-state index is -4.37. The number of nitrogens with one attached hydrogen (secondary N) is 1. The molecule has 0 saturated heterocycles. The maximum absolute atomic E-state index is 13.0. The minimum Gasteiger partial charge on any atom is -0.381 e. The number of aromatic nitrogens is 2. The van der Waals surface area contributed by atoms with Gasteiger partial charge in [-0.15, -0.1) is 0 Å². The highest BCUT2D eigenvalue weighted by Crippen LogP contribution is 2.32. The van der Waals surface area contributed by atoms with Crippen LogP contribution in [0.4, 0.5) is 18.9 Å². The highest BCUT2D eigenvalue weighted by molar-refractivity contribution is 5.61. The van der Waals surface area contributed by atoms with Gasteiger partial charge in [-0.1, -0.05) is 35.5 Å². The lowest BCUT2D eigenvalue weighted by atomic mass is 10.1. The van der Waals surface area contributed by atoms with Gasteiger partial charge in [0, 0.05) is 17.8 Å². The van der Waals surface area contributed by atoms with Gasteiger partial charge in [0.1, 0.15) is 0 Å². The second kappa shape index (κ2) is 6.12. The zero-order valence-corrected chi connectivity index (χ0v) is 11.8. The lowest BCUT2D eigenvalue weighted by Gasteiger charge is -2.14. The molecule has 7 heteroatoms. The summed E-state index contributed by atoms with van der Waals surface area (Å²) in [7, 11) is 0. The Labute approximate surface area is 130 Å². The number of halogens is 3. The third kappa shape index (κ3) is 3.50. The van der Waals surface area contributed by atoms with Crippen LogP contribution < -0.4 is 5.32 Å².